The van der Waals surface area contributed by atoms with Crippen LogP contribution >= 0.6 is 0 Å². The van der Waals surface area contributed by atoms with Crippen LogP contribution < -0.4 is 0 Å². The molecule has 4 rings (SSSR count). The van der Waals surface area contributed by atoms with Gasteiger partial charge in [-0.15, -0.1) is 0 Å². The zero-order chi connectivity index (χ0) is 18.0. The molecular formula is C22H34O3. The number of hydrogen-bond acceptors (Lipinski definition) is 3. The van der Waals surface area contributed by atoms with E-state index in [4.69, 9.17) is 4.74 Å². The highest BCUT2D eigenvalue weighted by Crippen LogP contribution is 2.69. The first kappa shape index (κ1) is 17.6. The Labute approximate surface area is 152 Å². The van der Waals surface area contributed by atoms with Crippen molar-refractivity contribution in [3.63, 3.8) is 0 Å². The van der Waals surface area contributed by atoms with Gasteiger partial charge in [-0.3, -0.25) is 4.79 Å². The van der Waals surface area contributed by atoms with Crippen LogP contribution in [-0.2, 0) is 9.53 Å². The fourth-order valence-electron chi connectivity index (χ4n) is 7.47. The van der Waals surface area contributed by atoms with E-state index in [1.807, 2.05) is 0 Å². The minimum atomic E-state index is -0.328. The minimum Gasteiger partial charge on any atom is -0.469 e. The topological polar surface area (TPSA) is 46.5 Å². The van der Waals surface area contributed by atoms with Crippen LogP contribution in [0.5, 0.6) is 0 Å². The van der Waals surface area contributed by atoms with Gasteiger partial charge in [0.1, 0.15) is 0 Å². The van der Waals surface area contributed by atoms with Crippen molar-refractivity contribution in [2.75, 3.05) is 7.11 Å². The van der Waals surface area contributed by atoms with Gasteiger partial charge >= 0.3 is 5.97 Å². The first-order valence-corrected chi connectivity index (χ1v) is 10.2. The normalized spacial score (nSPS) is 51.8. The average Bonchev–Trinajstić information content (AvgIpc) is 2.87. The number of rotatable bonds is 1. The SMILES string of the molecule is COC(=O)C1(C)CCC2C3CC=C4CC(O)CC[C@]4(C)C3CCC21C. The van der Waals surface area contributed by atoms with Crippen molar-refractivity contribution in [2.45, 2.75) is 78.2 Å². The quantitative estimate of drug-likeness (QED) is 0.562. The van der Waals surface area contributed by atoms with Crippen molar-refractivity contribution in [1.29, 1.82) is 0 Å². The first-order chi connectivity index (χ1) is 11.8. The molecule has 0 saturated heterocycles. The molecule has 0 aliphatic heterocycles. The molecule has 0 aromatic heterocycles. The van der Waals surface area contributed by atoms with E-state index in [1.54, 1.807) is 7.11 Å². The lowest BCUT2D eigenvalue weighted by atomic mass is 9.46. The lowest BCUT2D eigenvalue weighted by Crippen LogP contribution is -2.53. The Bertz CT molecular complexity index is 610. The van der Waals surface area contributed by atoms with Crippen molar-refractivity contribution in [1.82, 2.24) is 0 Å². The van der Waals surface area contributed by atoms with Gasteiger partial charge in [0.2, 0.25) is 0 Å². The second-order valence-corrected chi connectivity index (χ2v) is 9.97. The third kappa shape index (κ3) is 2.17. The molecule has 0 bridgehead atoms. The van der Waals surface area contributed by atoms with Crippen LogP contribution in [0.1, 0.15) is 72.1 Å². The molecule has 6 unspecified atom stereocenters. The number of ether oxygens (including phenoxy) is 1. The van der Waals surface area contributed by atoms with Gasteiger partial charge in [0, 0.05) is 0 Å². The fourth-order valence-corrected chi connectivity index (χ4v) is 7.47. The fraction of sp³-hybridized carbons (Fsp3) is 0.864. The van der Waals surface area contributed by atoms with Gasteiger partial charge in [-0.2, -0.15) is 0 Å². The van der Waals surface area contributed by atoms with E-state index in [2.05, 4.69) is 26.8 Å². The summed E-state index contributed by atoms with van der Waals surface area (Å²) in [6.07, 6.45) is 10.9. The third-order valence-electron chi connectivity index (χ3n) is 9.32. The monoisotopic (exact) mass is 346 g/mol. The molecule has 0 radical (unpaired) electrons. The van der Waals surface area contributed by atoms with Gasteiger partial charge < -0.3 is 9.84 Å². The number of esters is 1. The standard InChI is InChI=1S/C22H34O3/c1-20-10-7-15(23)13-14(20)5-6-16-17(20)8-11-21(2)18(16)9-12-22(21,3)19(24)25-4/h5,15-18,23H,6-13H2,1-4H3/t15?,16?,17?,18?,20-,21?,22?/m0/s1. The van der Waals surface area contributed by atoms with Gasteiger partial charge in [-0.1, -0.05) is 25.5 Å². The average molecular weight is 347 g/mol. The first-order valence-electron chi connectivity index (χ1n) is 10.2. The van der Waals surface area contributed by atoms with Crippen molar-refractivity contribution >= 4 is 5.97 Å². The highest BCUT2D eigenvalue weighted by molar-refractivity contribution is 5.78. The van der Waals surface area contributed by atoms with Crippen LogP contribution in [0.25, 0.3) is 0 Å². The summed E-state index contributed by atoms with van der Waals surface area (Å²) in [5.74, 6) is 2.03. The molecule has 7 atom stereocenters. The highest BCUT2D eigenvalue weighted by atomic mass is 16.5. The number of aliphatic hydroxyl groups excluding tert-OH is 1. The largest absolute Gasteiger partial charge is 0.469 e. The number of carbonyl (C=O) groups excluding carboxylic acids is 1. The van der Waals surface area contributed by atoms with Crippen molar-refractivity contribution in [3.8, 4) is 0 Å². The van der Waals surface area contributed by atoms with E-state index in [0.29, 0.717) is 11.8 Å². The maximum absolute atomic E-state index is 12.6. The van der Waals surface area contributed by atoms with E-state index >= 15 is 0 Å². The number of aliphatic hydroxyl groups is 1. The Balaban J connectivity index is 1.68. The van der Waals surface area contributed by atoms with Crippen molar-refractivity contribution in [3.05, 3.63) is 11.6 Å². The summed E-state index contributed by atoms with van der Waals surface area (Å²) >= 11 is 0. The lowest BCUT2D eigenvalue weighted by Gasteiger charge is -2.59. The summed E-state index contributed by atoms with van der Waals surface area (Å²) in [4.78, 5) is 12.6. The second kappa shape index (κ2) is 5.58. The van der Waals surface area contributed by atoms with E-state index in [-0.39, 0.29) is 28.3 Å². The maximum atomic E-state index is 12.6. The second-order valence-electron chi connectivity index (χ2n) is 9.97. The molecule has 0 amide bonds. The van der Waals surface area contributed by atoms with Crippen LogP contribution in [-0.4, -0.2) is 24.3 Å². The number of methoxy groups -OCH3 is 1. The predicted molar refractivity (Wildman–Crippen MR) is 97.8 cm³/mol. The summed E-state index contributed by atoms with van der Waals surface area (Å²) in [5.41, 5.74) is 1.53. The van der Waals surface area contributed by atoms with Crippen molar-refractivity contribution in [2.24, 2.45) is 34.0 Å². The van der Waals surface area contributed by atoms with Gasteiger partial charge in [0.25, 0.3) is 0 Å². The molecule has 1 N–H and O–H groups in total. The zero-order valence-electron chi connectivity index (χ0n) is 16.3. The predicted octanol–water partition coefficient (Wildman–Crippen LogP) is 4.49. The minimum absolute atomic E-state index is 0.00464. The molecular weight excluding hydrogens is 312 g/mol. The Morgan fingerprint density at radius 3 is 2.56 bits per heavy atom. The van der Waals surface area contributed by atoms with Gasteiger partial charge in [0.05, 0.1) is 18.6 Å². The lowest BCUT2D eigenvalue weighted by molar-refractivity contribution is -0.164. The molecule has 0 heterocycles. The molecule has 3 fully saturated rings. The zero-order valence-corrected chi connectivity index (χ0v) is 16.3. The van der Waals surface area contributed by atoms with Crippen LogP contribution in [0.4, 0.5) is 0 Å². The number of fused-ring (bicyclic) bond motifs is 5. The van der Waals surface area contributed by atoms with Gasteiger partial charge in [0.15, 0.2) is 0 Å². The van der Waals surface area contributed by atoms with Gasteiger partial charge in [-0.25, -0.2) is 0 Å². The molecule has 4 aliphatic rings. The van der Waals surface area contributed by atoms with E-state index in [9.17, 15) is 9.90 Å². The molecule has 4 aliphatic carbocycles. The molecule has 0 aromatic carbocycles. The van der Waals surface area contributed by atoms with E-state index in [0.717, 1.165) is 50.9 Å². The molecule has 140 valence electrons. The Hall–Kier alpha value is -0.830. The summed E-state index contributed by atoms with van der Waals surface area (Å²) in [6, 6.07) is 0. The summed E-state index contributed by atoms with van der Waals surface area (Å²) in [5, 5.41) is 10.1. The van der Waals surface area contributed by atoms with Crippen LogP contribution in [0, 0.1) is 34.0 Å². The molecule has 3 saturated carbocycles. The third-order valence-corrected chi connectivity index (χ3v) is 9.32. The molecule has 25 heavy (non-hydrogen) atoms. The van der Waals surface area contributed by atoms with Gasteiger partial charge in [-0.05, 0) is 86.9 Å². The molecule has 3 nitrogen and oxygen atoms in total. The Morgan fingerprint density at radius 2 is 1.84 bits per heavy atom. The number of allylic oxidation sites excluding steroid dienone is 1. The summed E-state index contributed by atoms with van der Waals surface area (Å²) in [7, 11) is 1.54. The van der Waals surface area contributed by atoms with Crippen LogP contribution in [0.3, 0.4) is 0 Å². The number of hydrogen-bond donors (Lipinski definition) is 1. The summed E-state index contributed by atoms with van der Waals surface area (Å²) < 4.78 is 5.23. The molecule has 0 aromatic rings. The number of carbonyl (C=O) groups is 1. The Kier molecular flexibility index (Phi) is 3.92. The van der Waals surface area contributed by atoms with Crippen LogP contribution in [0.15, 0.2) is 11.6 Å². The van der Waals surface area contributed by atoms with E-state index < -0.39 is 0 Å². The van der Waals surface area contributed by atoms with Crippen molar-refractivity contribution < 1.29 is 14.6 Å². The van der Waals surface area contributed by atoms with Crippen LogP contribution in [0.2, 0.25) is 0 Å². The molecule has 0 spiro atoms. The molecule has 3 heteroatoms. The highest BCUT2D eigenvalue weighted by Gasteiger charge is 2.65. The maximum Gasteiger partial charge on any atom is 0.312 e. The van der Waals surface area contributed by atoms with E-state index in [1.165, 1.54) is 12.0 Å². The summed E-state index contributed by atoms with van der Waals surface area (Å²) in [6.45, 7) is 6.98. The Morgan fingerprint density at radius 1 is 1.12 bits per heavy atom. The smallest absolute Gasteiger partial charge is 0.312 e.